The highest BCUT2D eigenvalue weighted by atomic mass is 32.2. The number of nitrogens with zero attached hydrogens (tertiary/aromatic N) is 2. The van der Waals surface area contributed by atoms with Gasteiger partial charge >= 0.3 is 5.97 Å². The normalized spacial score (nSPS) is 10.2. The van der Waals surface area contributed by atoms with E-state index in [0.717, 1.165) is 11.8 Å². The van der Waals surface area contributed by atoms with E-state index in [-0.39, 0.29) is 17.4 Å². The van der Waals surface area contributed by atoms with Crippen LogP contribution in [0.5, 0.6) is 0 Å². The molecule has 0 aliphatic rings. The van der Waals surface area contributed by atoms with Crippen molar-refractivity contribution in [1.29, 1.82) is 0 Å². The number of aliphatic carboxylic acids is 1. The lowest BCUT2D eigenvalue weighted by Gasteiger charge is -2.01. The summed E-state index contributed by atoms with van der Waals surface area (Å²) in [6.07, 6.45) is 0.493. The molecule has 1 heterocycles. The Morgan fingerprint density at radius 3 is 2.82 bits per heavy atom. The molecule has 0 fully saturated rings. The van der Waals surface area contributed by atoms with Crippen LogP contribution in [0.3, 0.4) is 0 Å². The first kappa shape index (κ1) is 13.5. The standard InChI is InChI=1S/C9H13N3O4S/c1-6-11-7(12-16-6)2-3-10-8(13)4-17-5-9(14)15/h2-5H2,1H3,(H,10,13)(H,14,15). The van der Waals surface area contributed by atoms with Crippen LogP contribution in [0.1, 0.15) is 11.7 Å². The van der Waals surface area contributed by atoms with Gasteiger partial charge in [0, 0.05) is 19.9 Å². The molecular weight excluding hydrogens is 246 g/mol. The maximum Gasteiger partial charge on any atom is 0.313 e. The summed E-state index contributed by atoms with van der Waals surface area (Å²) in [6.45, 7) is 2.10. The molecule has 0 radical (unpaired) electrons. The molecule has 1 aromatic heterocycles. The molecule has 0 atom stereocenters. The Kier molecular flexibility index (Phi) is 5.47. The second-order valence-corrected chi connectivity index (χ2v) is 4.20. The van der Waals surface area contributed by atoms with Crippen LogP contribution in [0.15, 0.2) is 4.52 Å². The number of carboxylic acids is 1. The molecule has 0 aliphatic heterocycles. The summed E-state index contributed by atoms with van der Waals surface area (Å²) in [5, 5.41) is 14.7. The van der Waals surface area contributed by atoms with E-state index in [1.807, 2.05) is 0 Å². The summed E-state index contributed by atoms with van der Waals surface area (Å²) in [4.78, 5) is 25.4. The largest absolute Gasteiger partial charge is 0.481 e. The first-order valence-corrected chi connectivity index (χ1v) is 6.09. The number of hydrogen-bond acceptors (Lipinski definition) is 6. The topological polar surface area (TPSA) is 105 Å². The molecule has 0 saturated heterocycles. The van der Waals surface area contributed by atoms with E-state index in [2.05, 4.69) is 15.5 Å². The van der Waals surface area contributed by atoms with Crippen molar-refractivity contribution < 1.29 is 19.2 Å². The van der Waals surface area contributed by atoms with Crippen molar-refractivity contribution in [3.63, 3.8) is 0 Å². The third kappa shape index (κ3) is 5.91. The maximum atomic E-state index is 11.2. The van der Waals surface area contributed by atoms with Crippen molar-refractivity contribution in [2.24, 2.45) is 0 Å². The van der Waals surface area contributed by atoms with Crippen LogP contribution in [0, 0.1) is 6.92 Å². The van der Waals surface area contributed by atoms with Crippen molar-refractivity contribution in [2.75, 3.05) is 18.1 Å². The number of amides is 1. The van der Waals surface area contributed by atoms with Gasteiger partial charge in [0.05, 0.1) is 11.5 Å². The zero-order valence-electron chi connectivity index (χ0n) is 9.30. The minimum Gasteiger partial charge on any atom is -0.481 e. The van der Waals surface area contributed by atoms with Crippen molar-refractivity contribution in [2.45, 2.75) is 13.3 Å². The van der Waals surface area contributed by atoms with Gasteiger partial charge in [0.2, 0.25) is 11.8 Å². The minimum atomic E-state index is -0.926. The Hall–Kier alpha value is -1.57. The predicted octanol–water partition coefficient (Wildman–Crippen LogP) is -0.145. The highest BCUT2D eigenvalue weighted by Crippen LogP contribution is 1.98. The Morgan fingerprint density at radius 1 is 1.47 bits per heavy atom. The number of rotatable bonds is 7. The van der Waals surface area contributed by atoms with Gasteiger partial charge in [-0.1, -0.05) is 5.16 Å². The summed E-state index contributed by atoms with van der Waals surface area (Å²) in [5.74, 6) is -0.0273. The lowest BCUT2D eigenvalue weighted by molar-refractivity contribution is -0.133. The van der Waals surface area contributed by atoms with Gasteiger partial charge < -0.3 is 14.9 Å². The molecule has 2 N–H and O–H groups in total. The number of carbonyl (C=O) groups excluding carboxylic acids is 1. The summed E-state index contributed by atoms with van der Waals surface area (Å²) in [5.41, 5.74) is 0. The van der Waals surface area contributed by atoms with Crippen LogP contribution in [-0.4, -0.2) is 45.2 Å². The Labute approximate surface area is 102 Å². The Morgan fingerprint density at radius 2 is 2.24 bits per heavy atom. The first-order chi connectivity index (χ1) is 8.08. The molecule has 1 amide bonds. The van der Waals surface area contributed by atoms with Gasteiger partial charge in [-0.3, -0.25) is 9.59 Å². The van der Waals surface area contributed by atoms with Crippen LogP contribution in [-0.2, 0) is 16.0 Å². The van der Waals surface area contributed by atoms with Crippen molar-refractivity contribution in [3.8, 4) is 0 Å². The fourth-order valence-electron chi connectivity index (χ4n) is 1.04. The Balaban J connectivity index is 2.10. The maximum absolute atomic E-state index is 11.2. The number of carbonyl (C=O) groups is 2. The molecule has 0 aliphatic carbocycles. The van der Waals surface area contributed by atoms with E-state index in [0.29, 0.717) is 24.7 Å². The van der Waals surface area contributed by atoms with E-state index in [4.69, 9.17) is 9.63 Å². The Bertz CT molecular complexity index is 393. The number of nitrogens with one attached hydrogen (secondary N) is 1. The van der Waals surface area contributed by atoms with Crippen molar-refractivity contribution in [1.82, 2.24) is 15.5 Å². The van der Waals surface area contributed by atoms with Crippen molar-refractivity contribution >= 4 is 23.6 Å². The minimum absolute atomic E-state index is 0.0720. The molecule has 1 aromatic rings. The molecule has 0 aromatic carbocycles. The lowest BCUT2D eigenvalue weighted by atomic mass is 10.4. The fraction of sp³-hybridized carbons (Fsp3) is 0.556. The van der Waals surface area contributed by atoms with Gasteiger partial charge in [-0.2, -0.15) is 4.98 Å². The number of aryl methyl sites for hydroxylation is 1. The van der Waals surface area contributed by atoms with Crippen LogP contribution in [0.2, 0.25) is 0 Å². The molecular formula is C9H13N3O4S. The monoisotopic (exact) mass is 259 g/mol. The third-order valence-electron chi connectivity index (χ3n) is 1.70. The van der Waals surface area contributed by atoms with E-state index in [1.165, 1.54) is 0 Å². The van der Waals surface area contributed by atoms with Gasteiger partial charge in [0.15, 0.2) is 5.82 Å². The number of carboxylic acid groups (broad SMARTS) is 1. The quantitative estimate of drug-likeness (QED) is 0.701. The van der Waals surface area contributed by atoms with Gasteiger partial charge in [-0.05, 0) is 0 Å². The van der Waals surface area contributed by atoms with Crippen LogP contribution < -0.4 is 5.32 Å². The lowest BCUT2D eigenvalue weighted by Crippen LogP contribution is -2.27. The number of hydrogen-bond donors (Lipinski definition) is 2. The zero-order chi connectivity index (χ0) is 12.7. The molecule has 1 rings (SSSR count). The molecule has 94 valence electrons. The second-order valence-electron chi connectivity index (χ2n) is 3.22. The summed E-state index contributed by atoms with van der Waals surface area (Å²) < 4.78 is 4.77. The summed E-state index contributed by atoms with van der Waals surface area (Å²) >= 11 is 1.06. The molecule has 0 spiro atoms. The molecule has 0 bridgehead atoms. The average molecular weight is 259 g/mol. The van der Waals surface area contributed by atoms with E-state index >= 15 is 0 Å². The zero-order valence-corrected chi connectivity index (χ0v) is 10.1. The SMILES string of the molecule is Cc1nc(CCNC(=O)CSCC(=O)O)no1. The third-order valence-corrected chi connectivity index (χ3v) is 2.62. The molecule has 8 heteroatoms. The van der Waals surface area contributed by atoms with Crippen LogP contribution >= 0.6 is 11.8 Å². The highest BCUT2D eigenvalue weighted by Gasteiger charge is 2.05. The first-order valence-electron chi connectivity index (χ1n) is 4.93. The molecule has 7 nitrogen and oxygen atoms in total. The van der Waals surface area contributed by atoms with Gasteiger partial charge in [-0.25, -0.2) is 0 Å². The van der Waals surface area contributed by atoms with Crippen LogP contribution in [0.4, 0.5) is 0 Å². The van der Waals surface area contributed by atoms with Gasteiger partial charge in [0.25, 0.3) is 0 Å². The fourth-order valence-corrected chi connectivity index (χ4v) is 1.60. The highest BCUT2D eigenvalue weighted by molar-refractivity contribution is 8.00. The van der Waals surface area contributed by atoms with Gasteiger partial charge in [0.1, 0.15) is 0 Å². The van der Waals surface area contributed by atoms with E-state index < -0.39 is 5.97 Å². The average Bonchev–Trinajstić information content (AvgIpc) is 2.63. The number of aromatic nitrogens is 2. The molecule has 0 unspecified atom stereocenters. The van der Waals surface area contributed by atoms with E-state index in [9.17, 15) is 9.59 Å². The second kappa shape index (κ2) is 6.89. The summed E-state index contributed by atoms with van der Waals surface area (Å²) in [7, 11) is 0. The van der Waals surface area contributed by atoms with Crippen molar-refractivity contribution in [3.05, 3.63) is 11.7 Å². The van der Waals surface area contributed by atoms with Crippen LogP contribution in [0.25, 0.3) is 0 Å². The molecule has 17 heavy (non-hydrogen) atoms. The smallest absolute Gasteiger partial charge is 0.313 e. The summed E-state index contributed by atoms with van der Waals surface area (Å²) in [6, 6.07) is 0. The molecule has 0 saturated carbocycles. The predicted molar refractivity (Wildman–Crippen MR) is 60.7 cm³/mol. The van der Waals surface area contributed by atoms with Gasteiger partial charge in [-0.15, -0.1) is 11.8 Å². The number of thioether (sulfide) groups is 1. The van der Waals surface area contributed by atoms with E-state index in [1.54, 1.807) is 6.92 Å².